The third kappa shape index (κ3) is 3.11. The van der Waals surface area contributed by atoms with Crippen molar-refractivity contribution in [1.29, 1.82) is 0 Å². The monoisotopic (exact) mass is 236 g/mol. The van der Waals surface area contributed by atoms with Crippen molar-refractivity contribution in [1.82, 2.24) is 9.88 Å². The van der Waals surface area contributed by atoms with Crippen LogP contribution in [0.1, 0.15) is 43.9 Å². The molecule has 2 rings (SSSR count). The summed E-state index contributed by atoms with van der Waals surface area (Å²) in [5.74, 6) is 0. The van der Waals surface area contributed by atoms with E-state index in [2.05, 4.69) is 43.2 Å². The fraction of sp³-hybridized carbons (Fsp3) is 0.714. The standard InChI is InChI=1S/C14H24N2O/c1-11(2)17-8-7-16-9-12-5-4-6-14(15-3)13(12)10-16/h9-11,14-15H,4-8H2,1-3H3. The molecule has 0 fully saturated rings. The summed E-state index contributed by atoms with van der Waals surface area (Å²) in [6, 6.07) is 0.547. The Morgan fingerprint density at radius 2 is 2.29 bits per heavy atom. The van der Waals surface area contributed by atoms with Crippen molar-refractivity contribution in [2.45, 2.75) is 51.8 Å². The molecule has 17 heavy (non-hydrogen) atoms. The molecule has 1 heterocycles. The molecule has 3 nitrogen and oxygen atoms in total. The first-order valence-electron chi connectivity index (χ1n) is 6.68. The summed E-state index contributed by atoms with van der Waals surface area (Å²) >= 11 is 0. The second-order valence-corrected chi connectivity index (χ2v) is 5.13. The van der Waals surface area contributed by atoms with Gasteiger partial charge in [0, 0.05) is 25.0 Å². The van der Waals surface area contributed by atoms with Gasteiger partial charge in [0.15, 0.2) is 0 Å². The van der Waals surface area contributed by atoms with Gasteiger partial charge in [-0.25, -0.2) is 0 Å². The van der Waals surface area contributed by atoms with Crippen molar-refractivity contribution in [2.75, 3.05) is 13.7 Å². The fourth-order valence-corrected chi connectivity index (χ4v) is 2.57. The van der Waals surface area contributed by atoms with Crippen LogP contribution in [-0.4, -0.2) is 24.3 Å². The summed E-state index contributed by atoms with van der Waals surface area (Å²) in [5, 5.41) is 3.40. The maximum Gasteiger partial charge on any atom is 0.0648 e. The van der Waals surface area contributed by atoms with Crippen LogP contribution in [0.15, 0.2) is 12.4 Å². The van der Waals surface area contributed by atoms with E-state index in [1.54, 1.807) is 0 Å². The number of nitrogens with zero attached hydrogens (tertiary/aromatic N) is 1. The number of nitrogens with one attached hydrogen (secondary N) is 1. The Kier molecular flexibility index (Phi) is 4.24. The SMILES string of the molecule is CNC1CCCc2cn(CCOC(C)C)cc21. The Labute approximate surface area is 104 Å². The Morgan fingerprint density at radius 3 is 3.00 bits per heavy atom. The van der Waals surface area contributed by atoms with E-state index in [1.807, 2.05) is 0 Å². The van der Waals surface area contributed by atoms with E-state index < -0.39 is 0 Å². The van der Waals surface area contributed by atoms with E-state index in [0.717, 1.165) is 13.2 Å². The van der Waals surface area contributed by atoms with Gasteiger partial charge in [0.1, 0.15) is 0 Å². The molecule has 1 aliphatic rings. The third-order valence-corrected chi connectivity index (χ3v) is 3.46. The Balaban J connectivity index is 1.98. The number of ether oxygens (including phenoxy) is 1. The van der Waals surface area contributed by atoms with Gasteiger partial charge in [0.2, 0.25) is 0 Å². The topological polar surface area (TPSA) is 26.2 Å². The van der Waals surface area contributed by atoms with Crippen LogP contribution in [0.5, 0.6) is 0 Å². The first-order chi connectivity index (χ1) is 8.20. The molecule has 1 aromatic rings. The van der Waals surface area contributed by atoms with Crippen LogP contribution in [-0.2, 0) is 17.7 Å². The van der Waals surface area contributed by atoms with Crippen LogP contribution >= 0.6 is 0 Å². The average molecular weight is 236 g/mol. The Bertz CT molecular complexity index is 357. The van der Waals surface area contributed by atoms with Gasteiger partial charge in [0.25, 0.3) is 0 Å². The fourth-order valence-electron chi connectivity index (χ4n) is 2.57. The summed E-state index contributed by atoms with van der Waals surface area (Å²) in [6.07, 6.45) is 8.69. The molecule has 0 aliphatic heterocycles. The van der Waals surface area contributed by atoms with Crippen LogP contribution in [0.2, 0.25) is 0 Å². The number of aryl methyl sites for hydroxylation is 1. The van der Waals surface area contributed by atoms with Gasteiger partial charge in [-0.15, -0.1) is 0 Å². The normalized spacial score (nSPS) is 19.6. The van der Waals surface area contributed by atoms with E-state index in [-0.39, 0.29) is 0 Å². The predicted molar refractivity (Wildman–Crippen MR) is 70.3 cm³/mol. The van der Waals surface area contributed by atoms with Crippen molar-refractivity contribution < 1.29 is 4.74 Å². The predicted octanol–water partition coefficient (Wildman–Crippen LogP) is 2.51. The van der Waals surface area contributed by atoms with Crippen molar-refractivity contribution in [3.05, 3.63) is 23.5 Å². The summed E-state index contributed by atoms with van der Waals surface area (Å²) in [6.45, 7) is 5.92. The van der Waals surface area contributed by atoms with E-state index >= 15 is 0 Å². The average Bonchev–Trinajstić information content (AvgIpc) is 2.70. The highest BCUT2D eigenvalue weighted by Gasteiger charge is 2.20. The minimum atomic E-state index is 0.324. The molecule has 0 spiro atoms. The van der Waals surface area contributed by atoms with E-state index in [0.29, 0.717) is 12.1 Å². The molecule has 0 bridgehead atoms. The van der Waals surface area contributed by atoms with Gasteiger partial charge >= 0.3 is 0 Å². The van der Waals surface area contributed by atoms with Gasteiger partial charge in [-0.2, -0.15) is 0 Å². The lowest BCUT2D eigenvalue weighted by Crippen LogP contribution is -2.20. The van der Waals surface area contributed by atoms with Crippen LogP contribution in [0.3, 0.4) is 0 Å². The second kappa shape index (κ2) is 5.69. The Hall–Kier alpha value is -0.800. The molecule has 3 heteroatoms. The number of hydrogen-bond donors (Lipinski definition) is 1. The molecule has 1 unspecified atom stereocenters. The first kappa shape index (κ1) is 12.7. The van der Waals surface area contributed by atoms with Gasteiger partial charge in [-0.05, 0) is 51.3 Å². The van der Waals surface area contributed by atoms with Gasteiger partial charge in [0.05, 0.1) is 12.7 Å². The number of hydrogen-bond acceptors (Lipinski definition) is 2. The molecule has 0 saturated heterocycles. The number of fused-ring (bicyclic) bond motifs is 1. The molecule has 96 valence electrons. The van der Waals surface area contributed by atoms with E-state index in [1.165, 1.54) is 30.4 Å². The van der Waals surface area contributed by atoms with Crippen LogP contribution in [0.4, 0.5) is 0 Å². The first-order valence-corrected chi connectivity index (χ1v) is 6.68. The maximum absolute atomic E-state index is 5.59. The zero-order valence-corrected chi connectivity index (χ0v) is 11.2. The Morgan fingerprint density at radius 1 is 1.47 bits per heavy atom. The lowest BCUT2D eigenvalue weighted by atomic mass is 9.91. The van der Waals surface area contributed by atoms with Crippen molar-refractivity contribution >= 4 is 0 Å². The largest absolute Gasteiger partial charge is 0.377 e. The van der Waals surface area contributed by atoms with Crippen molar-refractivity contribution in [3.8, 4) is 0 Å². The molecule has 1 aliphatic carbocycles. The molecule has 0 saturated carbocycles. The summed E-state index contributed by atoms with van der Waals surface area (Å²) in [5.41, 5.74) is 3.00. The zero-order chi connectivity index (χ0) is 12.3. The molecule has 1 aromatic heterocycles. The van der Waals surface area contributed by atoms with Crippen molar-refractivity contribution in [3.63, 3.8) is 0 Å². The molecule has 0 aromatic carbocycles. The van der Waals surface area contributed by atoms with Crippen LogP contribution in [0.25, 0.3) is 0 Å². The molecule has 1 N–H and O–H groups in total. The smallest absolute Gasteiger partial charge is 0.0648 e. The van der Waals surface area contributed by atoms with Crippen LogP contribution < -0.4 is 5.32 Å². The quantitative estimate of drug-likeness (QED) is 0.850. The summed E-state index contributed by atoms with van der Waals surface area (Å²) < 4.78 is 7.87. The van der Waals surface area contributed by atoms with E-state index in [4.69, 9.17) is 4.74 Å². The highest BCUT2D eigenvalue weighted by atomic mass is 16.5. The lowest BCUT2D eigenvalue weighted by Gasteiger charge is -2.21. The summed E-state index contributed by atoms with van der Waals surface area (Å²) in [7, 11) is 2.05. The van der Waals surface area contributed by atoms with Gasteiger partial charge < -0.3 is 14.6 Å². The summed E-state index contributed by atoms with van der Waals surface area (Å²) in [4.78, 5) is 0. The van der Waals surface area contributed by atoms with Crippen molar-refractivity contribution in [2.24, 2.45) is 0 Å². The lowest BCUT2D eigenvalue weighted by molar-refractivity contribution is 0.0728. The second-order valence-electron chi connectivity index (χ2n) is 5.13. The highest BCUT2D eigenvalue weighted by Crippen LogP contribution is 2.29. The number of aromatic nitrogens is 1. The highest BCUT2D eigenvalue weighted by molar-refractivity contribution is 5.30. The van der Waals surface area contributed by atoms with Gasteiger partial charge in [-0.3, -0.25) is 0 Å². The zero-order valence-electron chi connectivity index (χ0n) is 11.2. The third-order valence-electron chi connectivity index (χ3n) is 3.46. The molecule has 0 radical (unpaired) electrons. The minimum absolute atomic E-state index is 0.324. The minimum Gasteiger partial charge on any atom is -0.377 e. The molecule has 1 atom stereocenters. The molecular weight excluding hydrogens is 212 g/mol. The van der Waals surface area contributed by atoms with Crippen LogP contribution in [0, 0.1) is 0 Å². The van der Waals surface area contributed by atoms with Gasteiger partial charge in [-0.1, -0.05) is 0 Å². The number of rotatable bonds is 5. The molecule has 0 amide bonds. The maximum atomic E-state index is 5.59. The van der Waals surface area contributed by atoms with E-state index in [9.17, 15) is 0 Å². The molecular formula is C14H24N2O.